The predicted octanol–water partition coefficient (Wildman–Crippen LogP) is 4.81. The van der Waals surface area contributed by atoms with Gasteiger partial charge in [0.1, 0.15) is 5.76 Å². The lowest BCUT2D eigenvalue weighted by molar-refractivity contribution is 0.147. The van der Waals surface area contributed by atoms with E-state index in [-0.39, 0.29) is 6.04 Å². The number of hydrogen-bond donors (Lipinski definition) is 1. The van der Waals surface area contributed by atoms with Crippen molar-refractivity contribution in [2.75, 3.05) is 6.54 Å². The normalized spacial score (nSPS) is 30.9. The molecule has 3 heteroatoms. The number of hydrogen-bond acceptors (Lipinski definition) is 3. The summed E-state index contributed by atoms with van der Waals surface area (Å²) in [5.41, 5.74) is 0. The van der Waals surface area contributed by atoms with Crippen molar-refractivity contribution >= 4 is 0 Å². The van der Waals surface area contributed by atoms with Gasteiger partial charge in [-0.3, -0.25) is 0 Å². The zero-order chi connectivity index (χ0) is 14.7. The zero-order valence-corrected chi connectivity index (χ0v) is 13.6. The topological polar surface area (TPSA) is 38.1 Å². The molecule has 3 rings (SSSR count). The predicted molar refractivity (Wildman–Crippen MR) is 85.3 cm³/mol. The Bertz CT molecular complexity index is 442. The van der Waals surface area contributed by atoms with Crippen molar-refractivity contribution in [3.63, 3.8) is 0 Å². The Hall–Kier alpha value is -0.830. The number of oxazole rings is 1. The average Bonchev–Trinajstić information content (AvgIpc) is 3.02. The minimum atomic E-state index is 0.227. The van der Waals surface area contributed by atoms with Gasteiger partial charge in [-0.2, -0.15) is 0 Å². The summed E-state index contributed by atoms with van der Waals surface area (Å²) in [4.78, 5) is 4.52. The van der Waals surface area contributed by atoms with E-state index in [4.69, 9.17) is 4.42 Å². The van der Waals surface area contributed by atoms with Crippen molar-refractivity contribution in [1.29, 1.82) is 0 Å². The van der Waals surface area contributed by atoms with Crippen molar-refractivity contribution < 1.29 is 4.42 Å². The Morgan fingerprint density at radius 1 is 1.24 bits per heavy atom. The van der Waals surface area contributed by atoms with Gasteiger partial charge in [-0.1, -0.05) is 32.6 Å². The lowest BCUT2D eigenvalue weighted by atomic mass is 9.67. The van der Waals surface area contributed by atoms with Crippen molar-refractivity contribution in [2.45, 2.75) is 77.2 Å². The lowest BCUT2D eigenvalue weighted by Crippen LogP contribution is -2.26. The maximum atomic E-state index is 6.09. The molecule has 0 spiro atoms. The highest BCUT2D eigenvalue weighted by Crippen LogP contribution is 2.46. The molecular formula is C18H30N2O. The van der Waals surface area contributed by atoms with Crippen molar-refractivity contribution in [1.82, 2.24) is 10.3 Å². The summed E-state index contributed by atoms with van der Waals surface area (Å²) in [5.74, 6) is 4.57. The van der Waals surface area contributed by atoms with Gasteiger partial charge in [0, 0.05) is 5.92 Å². The number of nitrogens with zero attached hydrogens (tertiary/aromatic N) is 1. The zero-order valence-electron chi connectivity index (χ0n) is 13.6. The van der Waals surface area contributed by atoms with Crippen LogP contribution in [0.2, 0.25) is 0 Å². The third kappa shape index (κ3) is 3.50. The molecule has 1 aromatic rings. The first kappa shape index (κ1) is 15.1. The molecule has 118 valence electrons. The first-order valence-electron chi connectivity index (χ1n) is 8.97. The van der Waals surface area contributed by atoms with Crippen LogP contribution in [0.5, 0.6) is 0 Å². The molecule has 21 heavy (non-hydrogen) atoms. The summed E-state index contributed by atoms with van der Waals surface area (Å²) in [6.45, 7) is 5.35. The summed E-state index contributed by atoms with van der Waals surface area (Å²) in [5, 5.41) is 3.45. The maximum absolute atomic E-state index is 6.09. The molecule has 2 aliphatic rings. The van der Waals surface area contributed by atoms with E-state index < -0.39 is 0 Å². The van der Waals surface area contributed by atoms with Crippen LogP contribution in [0.4, 0.5) is 0 Å². The molecule has 1 N–H and O–H groups in total. The average molecular weight is 290 g/mol. The minimum Gasteiger partial charge on any atom is -0.444 e. The van der Waals surface area contributed by atoms with Crippen LogP contribution >= 0.6 is 0 Å². The van der Waals surface area contributed by atoms with Gasteiger partial charge >= 0.3 is 0 Å². The van der Waals surface area contributed by atoms with Crippen molar-refractivity contribution in [2.24, 2.45) is 11.8 Å². The number of aromatic nitrogens is 1. The molecule has 3 nitrogen and oxygen atoms in total. The molecular weight excluding hydrogens is 260 g/mol. The van der Waals surface area contributed by atoms with E-state index in [0.29, 0.717) is 5.92 Å². The molecule has 0 aromatic carbocycles. The van der Waals surface area contributed by atoms with E-state index in [0.717, 1.165) is 36.5 Å². The largest absolute Gasteiger partial charge is 0.444 e. The van der Waals surface area contributed by atoms with Gasteiger partial charge in [-0.25, -0.2) is 4.98 Å². The summed E-state index contributed by atoms with van der Waals surface area (Å²) in [6, 6.07) is 0.227. The molecule has 0 bridgehead atoms. The lowest BCUT2D eigenvalue weighted by Gasteiger charge is -2.38. The van der Waals surface area contributed by atoms with Gasteiger partial charge < -0.3 is 9.73 Å². The summed E-state index contributed by atoms with van der Waals surface area (Å²) < 4.78 is 6.09. The smallest absolute Gasteiger partial charge is 0.211 e. The second kappa shape index (κ2) is 6.95. The van der Waals surface area contributed by atoms with Crippen LogP contribution in [0, 0.1) is 11.8 Å². The van der Waals surface area contributed by atoms with Crippen LogP contribution in [0.3, 0.4) is 0 Å². The number of nitrogens with one attached hydrogen (secondary N) is 1. The fourth-order valence-corrected chi connectivity index (χ4v) is 4.27. The molecule has 2 fully saturated rings. The Kier molecular flexibility index (Phi) is 4.99. The third-order valence-corrected chi connectivity index (χ3v) is 5.55. The number of rotatable bonds is 5. The minimum absolute atomic E-state index is 0.227. The van der Waals surface area contributed by atoms with Crippen LogP contribution in [-0.4, -0.2) is 11.5 Å². The fraction of sp³-hybridized carbons (Fsp3) is 0.833. The molecule has 4 atom stereocenters. The van der Waals surface area contributed by atoms with E-state index in [1.54, 1.807) is 0 Å². The van der Waals surface area contributed by atoms with E-state index >= 15 is 0 Å². The van der Waals surface area contributed by atoms with Crippen LogP contribution in [0.15, 0.2) is 10.6 Å². The van der Waals surface area contributed by atoms with E-state index in [2.05, 4.69) is 24.1 Å². The standard InChI is InChI=1S/C18H30N2O/c1-3-10-19-13(2)18-20-12-17(21-18)16-9-8-14-6-4-5-7-15(14)11-16/h12-16,19H,3-11H2,1-2H3. The third-order valence-electron chi connectivity index (χ3n) is 5.55. The molecule has 1 heterocycles. The molecule has 2 saturated carbocycles. The highest BCUT2D eigenvalue weighted by atomic mass is 16.4. The first-order chi connectivity index (χ1) is 10.3. The molecule has 1 aromatic heterocycles. The van der Waals surface area contributed by atoms with Crippen LogP contribution in [-0.2, 0) is 0 Å². The van der Waals surface area contributed by atoms with Gasteiger partial charge in [-0.05, 0) is 51.0 Å². The molecule has 0 amide bonds. The monoisotopic (exact) mass is 290 g/mol. The summed E-state index contributed by atoms with van der Waals surface area (Å²) in [6.07, 6.45) is 13.0. The highest BCUT2D eigenvalue weighted by Gasteiger charge is 2.34. The highest BCUT2D eigenvalue weighted by molar-refractivity contribution is 5.06. The molecule has 4 unspecified atom stereocenters. The second-order valence-corrected chi connectivity index (χ2v) is 7.09. The van der Waals surface area contributed by atoms with E-state index in [1.807, 2.05) is 6.20 Å². The van der Waals surface area contributed by atoms with Crippen LogP contribution < -0.4 is 5.32 Å². The Labute approximate surface area is 128 Å². The molecule has 0 aliphatic heterocycles. The molecule has 0 saturated heterocycles. The maximum Gasteiger partial charge on any atom is 0.211 e. The first-order valence-corrected chi connectivity index (χ1v) is 8.97. The van der Waals surface area contributed by atoms with Crippen LogP contribution in [0.25, 0.3) is 0 Å². The molecule has 0 radical (unpaired) electrons. The quantitative estimate of drug-likeness (QED) is 0.845. The van der Waals surface area contributed by atoms with Gasteiger partial charge in [0.05, 0.1) is 12.2 Å². The second-order valence-electron chi connectivity index (χ2n) is 7.09. The summed E-state index contributed by atoms with van der Waals surface area (Å²) >= 11 is 0. The Morgan fingerprint density at radius 2 is 2.05 bits per heavy atom. The number of fused-ring (bicyclic) bond motifs is 1. The van der Waals surface area contributed by atoms with Gasteiger partial charge in [0.25, 0.3) is 0 Å². The SMILES string of the molecule is CCCNC(C)c1ncc(C2CCC3CCCCC3C2)o1. The summed E-state index contributed by atoms with van der Waals surface area (Å²) in [7, 11) is 0. The Morgan fingerprint density at radius 3 is 2.86 bits per heavy atom. The van der Waals surface area contributed by atoms with Gasteiger partial charge in [0.2, 0.25) is 5.89 Å². The van der Waals surface area contributed by atoms with E-state index in [1.165, 1.54) is 44.9 Å². The van der Waals surface area contributed by atoms with Gasteiger partial charge in [-0.15, -0.1) is 0 Å². The van der Waals surface area contributed by atoms with E-state index in [9.17, 15) is 0 Å². The van der Waals surface area contributed by atoms with Crippen molar-refractivity contribution in [3.8, 4) is 0 Å². The van der Waals surface area contributed by atoms with Crippen LogP contribution in [0.1, 0.15) is 88.8 Å². The Balaban J connectivity index is 1.60. The van der Waals surface area contributed by atoms with Gasteiger partial charge in [0.15, 0.2) is 0 Å². The van der Waals surface area contributed by atoms with Crippen molar-refractivity contribution in [3.05, 3.63) is 17.8 Å². The fourth-order valence-electron chi connectivity index (χ4n) is 4.27. The molecule has 2 aliphatic carbocycles.